The van der Waals surface area contributed by atoms with Crippen LogP contribution < -0.4 is 15.0 Å². The van der Waals surface area contributed by atoms with Crippen molar-refractivity contribution in [2.24, 2.45) is 0 Å². The summed E-state index contributed by atoms with van der Waals surface area (Å²) in [5.74, 6) is 0.807. The molecule has 1 N–H and O–H groups in total. The van der Waals surface area contributed by atoms with E-state index in [1.165, 1.54) is 0 Å². The number of nitrogens with zero attached hydrogens (tertiary/aromatic N) is 4. The summed E-state index contributed by atoms with van der Waals surface area (Å²) in [5, 5.41) is 2.88. The fourth-order valence-corrected chi connectivity index (χ4v) is 7.75. The number of hydrogen-bond donors (Lipinski definition) is 1. The van der Waals surface area contributed by atoms with E-state index in [1.807, 2.05) is 45.9 Å². The number of carbonyl (C=O) groups excluding carboxylic acids is 1. The molecule has 0 bridgehead atoms. The molecule has 2 aromatic rings. The van der Waals surface area contributed by atoms with Crippen LogP contribution in [0.2, 0.25) is 0 Å². The number of amides is 1. The van der Waals surface area contributed by atoms with Gasteiger partial charge in [-0.3, -0.25) is 10.2 Å². The van der Waals surface area contributed by atoms with Gasteiger partial charge < -0.3 is 28.6 Å². The van der Waals surface area contributed by atoms with E-state index in [0.717, 1.165) is 60.6 Å². The van der Waals surface area contributed by atoms with Crippen LogP contribution in [0.15, 0.2) is 18.2 Å². The second kappa shape index (κ2) is 12.2. The summed E-state index contributed by atoms with van der Waals surface area (Å²) >= 11 is 0. The van der Waals surface area contributed by atoms with Crippen LogP contribution >= 0.6 is 0 Å². The Morgan fingerprint density at radius 3 is 2.89 bits per heavy atom. The van der Waals surface area contributed by atoms with E-state index in [4.69, 9.17) is 33.7 Å². The number of nitrogens with one attached hydrogen (secondary N) is 1. The smallest absolute Gasteiger partial charge is 0.412 e. The van der Waals surface area contributed by atoms with Gasteiger partial charge in [-0.05, 0) is 76.8 Å². The minimum atomic E-state index is -0.832. The maximum Gasteiger partial charge on any atom is 0.412 e. The lowest BCUT2D eigenvalue weighted by atomic mass is 9.80. The summed E-state index contributed by atoms with van der Waals surface area (Å²) in [6.07, 6.45) is 2.29. The van der Waals surface area contributed by atoms with Crippen molar-refractivity contribution in [1.29, 1.82) is 0 Å². The van der Waals surface area contributed by atoms with Gasteiger partial charge in [0.15, 0.2) is 0 Å². The van der Waals surface area contributed by atoms with Gasteiger partial charge in [0, 0.05) is 50.3 Å². The number of rotatable bonds is 5. The first-order chi connectivity index (χ1) is 22.0. The number of alkyl halides is 1. The molecular weight excluding hydrogens is 593 g/mol. The Morgan fingerprint density at radius 2 is 2.04 bits per heavy atom. The summed E-state index contributed by atoms with van der Waals surface area (Å²) < 4.78 is 45.2. The van der Waals surface area contributed by atoms with E-state index in [9.17, 15) is 9.18 Å². The molecule has 1 aromatic heterocycles. The third-order valence-electron chi connectivity index (χ3n) is 9.94. The number of ether oxygens (including phenoxy) is 5. The van der Waals surface area contributed by atoms with Crippen LogP contribution in [0.25, 0.3) is 0 Å². The largest absolute Gasteiger partial charge is 0.461 e. The minimum absolute atomic E-state index is 0.141. The molecule has 6 heterocycles. The number of fused-ring (bicyclic) bond motifs is 4. The molecule has 1 amide bonds. The number of halogens is 1. The number of anilines is 2. The van der Waals surface area contributed by atoms with Gasteiger partial charge in [0.25, 0.3) is 0 Å². The van der Waals surface area contributed by atoms with Crippen molar-refractivity contribution in [3.05, 3.63) is 40.6 Å². The molecule has 1 aromatic carbocycles. The fraction of sp³-hybridized carbons (Fsp3) is 0.676. The number of carbonyl (C=O) groups is 1. The zero-order chi connectivity index (χ0) is 32.1. The molecule has 5 aliphatic heterocycles. The van der Waals surface area contributed by atoms with E-state index >= 15 is 0 Å². The van der Waals surface area contributed by atoms with E-state index in [0.29, 0.717) is 70.7 Å². The first-order valence-electron chi connectivity index (χ1n) is 16.7. The lowest BCUT2D eigenvalue weighted by molar-refractivity contribution is -0.148. The third kappa shape index (κ3) is 6.16. The van der Waals surface area contributed by atoms with Gasteiger partial charge in [-0.1, -0.05) is 6.07 Å². The second-order valence-corrected chi connectivity index (χ2v) is 14.4. The highest BCUT2D eigenvalue weighted by Gasteiger charge is 2.50. The number of benzene rings is 1. The molecule has 1 spiro atoms. The van der Waals surface area contributed by atoms with Gasteiger partial charge in [-0.15, -0.1) is 0 Å². The second-order valence-electron chi connectivity index (χ2n) is 14.4. The lowest BCUT2D eigenvalue weighted by Gasteiger charge is -2.44. The number of hydrogen-bond acceptors (Lipinski definition) is 10. The molecule has 12 heteroatoms. The van der Waals surface area contributed by atoms with E-state index in [-0.39, 0.29) is 11.6 Å². The predicted molar refractivity (Wildman–Crippen MR) is 169 cm³/mol. The quantitative estimate of drug-likeness (QED) is 0.477. The molecule has 11 nitrogen and oxygen atoms in total. The molecule has 4 atom stereocenters. The van der Waals surface area contributed by atoms with Crippen LogP contribution in [0.1, 0.15) is 81.9 Å². The van der Waals surface area contributed by atoms with E-state index in [1.54, 1.807) is 0 Å². The van der Waals surface area contributed by atoms with Gasteiger partial charge in [0.1, 0.15) is 29.8 Å². The Bertz CT molecular complexity index is 1460. The highest BCUT2D eigenvalue weighted by molar-refractivity contribution is 5.85. The Hall–Kier alpha value is -3.06. The third-order valence-corrected chi connectivity index (χ3v) is 9.94. The molecule has 46 heavy (non-hydrogen) atoms. The number of aromatic nitrogens is 2. The van der Waals surface area contributed by atoms with Crippen molar-refractivity contribution in [3.8, 4) is 6.01 Å². The minimum Gasteiger partial charge on any atom is -0.461 e. The van der Waals surface area contributed by atoms with Crippen molar-refractivity contribution in [2.75, 3.05) is 62.8 Å². The zero-order valence-corrected chi connectivity index (χ0v) is 27.4. The lowest BCUT2D eigenvalue weighted by Crippen LogP contribution is -2.45. The Labute approximate surface area is 270 Å². The van der Waals surface area contributed by atoms with Gasteiger partial charge >= 0.3 is 12.1 Å². The van der Waals surface area contributed by atoms with Crippen LogP contribution in [0.5, 0.6) is 6.01 Å². The zero-order valence-electron chi connectivity index (χ0n) is 27.4. The molecule has 0 saturated carbocycles. The Morgan fingerprint density at radius 1 is 1.17 bits per heavy atom. The monoisotopic (exact) mass is 639 g/mol. The van der Waals surface area contributed by atoms with Crippen LogP contribution in [0.4, 0.5) is 20.7 Å². The maximum absolute atomic E-state index is 14.5. The van der Waals surface area contributed by atoms with Gasteiger partial charge in [-0.25, -0.2) is 9.18 Å². The molecule has 3 saturated heterocycles. The highest BCUT2D eigenvalue weighted by atomic mass is 19.1. The molecule has 7 rings (SSSR count). The van der Waals surface area contributed by atoms with Crippen molar-refractivity contribution in [1.82, 2.24) is 14.9 Å². The van der Waals surface area contributed by atoms with Crippen LogP contribution in [-0.4, -0.2) is 90.9 Å². The average molecular weight is 640 g/mol. The van der Waals surface area contributed by atoms with Gasteiger partial charge in [-0.2, -0.15) is 9.97 Å². The Balaban J connectivity index is 1.22. The van der Waals surface area contributed by atoms with Crippen LogP contribution in [0.3, 0.4) is 0 Å². The van der Waals surface area contributed by atoms with E-state index in [2.05, 4.69) is 15.1 Å². The molecule has 0 radical (unpaired) electrons. The summed E-state index contributed by atoms with van der Waals surface area (Å²) in [6, 6.07) is 6.12. The maximum atomic E-state index is 14.5. The SMILES string of the molecule is C[C@@H]1OC[C@@]2(Cc3nc(OC[C@@]45CCCN4C[C@H](F)C5)nc(N4CCCOCC4)c3CO2)c2cc(NC(=O)OC(C)(C)C)ccc21. The summed E-state index contributed by atoms with van der Waals surface area (Å²) in [5.41, 5.74) is 2.63. The molecular formula is C34H46FN5O6. The van der Waals surface area contributed by atoms with Crippen molar-refractivity contribution in [3.63, 3.8) is 0 Å². The standard InChI is InChI=1S/C34H46FN5O6/c1-22-25-8-7-24(36-31(41)46-32(2,3)4)15-27(25)34(21-43-22)17-28-26(19-45-34)29(39-10-6-13-42-14-12-39)38-30(37-28)44-20-33-9-5-11-40(33)18-23(35)16-33/h7-8,15,22-23H,5-6,9-14,16-21H2,1-4H3,(H,36,41)/t22-,23+,33-,34-/m0/s1. The molecule has 250 valence electrons. The van der Waals surface area contributed by atoms with Gasteiger partial charge in [0.05, 0.1) is 37.2 Å². The molecule has 0 unspecified atom stereocenters. The summed E-state index contributed by atoms with van der Waals surface area (Å²) in [7, 11) is 0. The van der Waals surface area contributed by atoms with Crippen LogP contribution in [0, 0.1) is 0 Å². The van der Waals surface area contributed by atoms with Crippen molar-refractivity contribution in [2.45, 2.75) is 95.4 Å². The predicted octanol–water partition coefficient (Wildman–Crippen LogP) is 5.06. The molecule has 3 fully saturated rings. The van der Waals surface area contributed by atoms with Gasteiger partial charge in [0.2, 0.25) is 0 Å². The molecule has 0 aliphatic carbocycles. The normalized spacial score (nSPS) is 29.5. The first kappa shape index (κ1) is 31.5. The summed E-state index contributed by atoms with van der Waals surface area (Å²) in [4.78, 5) is 27.1. The van der Waals surface area contributed by atoms with Crippen molar-refractivity contribution < 1.29 is 32.9 Å². The highest BCUT2D eigenvalue weighted by Crippen LogP contribution is 2.47. The van der Waals surface area contributed by atoms with E-state index < -0.39 is 23.5 Å². The average Bonchev–Trinajstić information content (AvgIpc) is 3.38. The van der Waals surface area contributed by atoms with Crippen LogP contribution in [-0.2, 0) is 37.6 Å². The van der Waals surface area contributed by atoms with Crippen molar-refractivity contribution >= 4 is 17.6 Å². The first-order valence-corrected chi connectivity index (χ1v) is 16.7. The summed E-state index contributed by atoms with van der Waals surface area (Å²) in [6.45, 7) is 12.7. The molecule has 5 aliphatic rings. The fourth-order valence-electron chi connectivity index (χ4n) is 7.75. The Kier molecular flexibility index (Phi) is 8.36. The topological polar surface area (TPSA) is 108 Å².